The Balaban J connectivity index is 1.23. The number of halogens is 4. The SMILES string of the molecule is CCOc1cc(OCc2ccc(OC)cc2)ncc1-c1ccc(CC(=O)Nc2cc(C(=O)NCCN3CCS(=O)(=O)CC3)cc(C(F)(F)F)c2)c(F)c1. The maximum absolute atomic E-state index is 15.4. The van der Waals surface area contributed by atoms with Gasteiger partial charge < -0.3 is 24.8 Å². The number of hydrogen-bond donors (Lipinski definition) is 2. The van der Waals surface area contributed by atoms with E-state index in [-0.39, 0.29) is 47.4 Å². The fraction of sp³-hybridized carbons (Fsp3) is 0.324. The van der Waals surface area contributed by atoms with Crippen molar-refractivity contribution < 1.29 is 49.8 Å². The second kappa shape index (κ2) is 17.1. The van der Waals surface area contributed by atoms with Crippen molar-refractivity contribution in [1.29, 1.82) is 0 Å². The molecule has 2 heterocycles. The highest BCUT2D eigenvalue weighted by Crippen LogP contribution is 2.34. The lowest BCUT2D eigenvalue weighted by atomic mass is 10.0. The Morgan fingerprint density at radius 3 is 2.36 bits per heavy atom. The predicted octanol–water partition coefficient (Wildman–Crippen LogP) is 5.53. The van der Waals surface area contributed by atoms with E-state index >= 15 is 4.39 Å². The normalized spacial score (nSPS) is 14.3. The van der Waals surface area contributed by atoms with E-state index in [4.69, 9.17) is 14.2 Å². The summed E-state index contributed by atoms with van der Waals surface area (Å²) in [5.74, 6) is -0.977. The Hall–Kier alpha value is -5.22. The van der Waals surface area contributed by atoms with Crippen LogP contribution in [0.15, 0.2) is 72.9 Å². The highest BCUT2D eigenvalue weighted by Gasteiger charge is 2.32. The van der Waals surface area contributed by atoms with Gasteiger partial charge >= 0.3 is 6.18 Å². The molecule has 0 bridgehead atoms. The third-order valence-electron chi connectivity index (χ3n) is 8.36. The third-order valence-corrected chi connectivity index (χ3v) is 9.97. The van der Waals surface area contributed by atoms with Gasteiger partial charge in [0.2, 0.25) is 11.8 Å². The van der Waals surface area contributed by atoms with Gasteiger partial charge in [-0.15, -0.1) is 0 Å². The van der Waals surface area contributed by atoms with Gasteiger partial charge in [0.15, 0.2) is 9.84 Å². The summed E-state index contributed by atoms with van der Waals surface area (Å²) in [5, 5.41) is 4.89. The fourth-order valence-corrected chi connectivity index (χ4v) is 6.78. The van der Waals surface area contributed by atoms with Crippen LogP contribution in [0.2, 0.25) is 0 Å². The second-order valence-corrected chi connectivity index (χ2v) is 14.5. The maximum Gasteiger partial charge on any atom is 0.416 e. The number of nitrogens with zero attached hydrogens (tertiary/aromatic N) is 2. The number of amides is 2. The summed E-state index contributed by atoms with van der Waals surface area (Å²) in [6.07, 6.45) is -3.85. The molecule has 1 fully saturated rings. The highest BCUT2D eigenvalue weighted by molar-refractivity contribution is 7.91. The van der Waals surface area contributed by atoms with Crippen LogP contribution in [0.3, 0.4) is 0 Å². The van der Waals surface area contributed by atoms with Gasteiger partial charge in [0.05, 0.1) is 37.2 Å². The number of ether oxygens (including phenoxy) is 3. The largest absolute Gasteiger partial charge is 0.497 e. The molecular weight excluding hydrogens is 720 g/mol. The standard InChI is InChI=1S/C37H38F4N4O7S/c1-3-51-33-21-35(52-23-24-4-8-30(50-2)9-5-24)43-22-31(33)25-6-7-26(32(38)18-25)19-34(46)44-29-17-27(16-28(20-29)37(39,40)41)36(47)42-10-11-45-12-14-53(48,49)15-13-45/h4-9,16-18,20-22H,3,10-15,19,23H2,1-2H3,(H,42,47)(H,44,46). The minimum absolute atomic E-state index is 0.00513. The van der Waals surface area contributed by atoms with Gasteiger partial charge in [-0.3, -0.25) is 14.5 Å². The van der Waals surface area contributed by atoms with Crippen LogP contribution >= 0.6 is 0 Å². The van der Waals surface area contributed by atoms with Crippen molar-refractivity contribution in [3.8, 4) is 28.5 Å². The summed E-state index contributed by atoms with van der Waals surface area (Å²) >= 11 is 0. The number of pyridine rings is 1. The summed E-state index contributed by atoms with van der Waals surface area (Å²) in [7, 11) is -1.51. The van der Waals surface area contributed by atoms with Crippen LogP contribution in [-0.4, -0.2) is 81.5 Å². The van der Waals surface area contributed by atoms with Gasteiger partial charge in [0, 0.05) is 55.3 Å². The zero-order valence-corrected chi connectivity index (χ0v) is 29.8. The minimum Gasteiger partial charge on any atom is -0.497 e. The Morgan fingerprint density at radius 2 is 1.70 bits per heavy atom. The Kier molecular flexibility index (Phi) is 12.6. The second-order valence-electron chi connectivity index (χ2n) is 12.2. The van der Waals surface area contributed by atoms with E-state index in [1.54, 1.807) is 26.2 Å². The lowest BCUT2D eigenvalue weighted by molar-refractivity contribution is -0.137. The van der Waals surface area contributed by atoms with Crippen LogP contribution in [0, 0.1) is 5.82 Å². The average Bonchev–Trinajstić information content (AvgIpc) is 3.12. The molecule has 0 unspecified atom stereocenters. The molecule has 1 aliphatic rings. The Bertz CT molecular complexity index is 2030. The van der Waals surface area contributed by atoms with Crippen LogP contribution in [0.25, 0.3) is 11.1 Å². The van der Waals surface area contributed by atoms with Gasteiger partial charge in [-0.25, -0.2) is 17.8 Å². The van der Waals surface area contributed by atoms with E-state index in [9.17, 15) is 31.2 Å². The summed E-state index contributed by atoms with van der Waals surface area (Å²) in [5.41, 5.74) is -0.0592. The number of methoxy groups -OCH3 is 1. The van der Waals surface area contributed by atoms with E-state index in [2.05, 4.69) is 15.6 Å². The van der Waals surface area contributed by atoms with Gasteiger partial charge in [-0.05, 0) is 60.0 Å². The first kappa shape index (κ1) is 39.0. The molecule has 1 saturated heterocycles. The summed E-state index contributed by atoms with van der Waals surface area (Å²) in [6.45, 7) is 3.29. The molecule has 3 aromatic carbocycles. The Labute approximate surface area is 304 Å². The number of rotatable bonds is 14. The lowest BCUT2D eigenvalue weighted by Gasteiger charge is -2.26. The lowest BCUT2D eigenvalue weighted by Crippen LogP contribution is -2.43. The zero-order valence-electron chi connectivity index (χ0n) is 29.0. The third kappa shape index (κ3) is 10.9. The first-order valence-electron chi connectivity index (χ1n) is 16.6. The molecular formula is C37H38F4N4O7S. The molecule has 4 aromatic rings. The number of carbonyl (C=O) groups is 2. The van der Waals surface area contributed by atoms with E-state index < -0.39 is 45.6 Å². The van der Waals surface area contributed by atoms with E-state index in [1.807, 2.05) is 29.2 Å². The van der Waals surface area contributed by atoms with E-state index in [0.29, 0.717) is 61.0 Å². The molecule has 0 saturated carbocycles. The monoisotopic (exact) mass is 758 g/mol. The molecule has 2 N–H and O–H groups in total. The van der Waals surface area contributed by atoms with Gasteiger partial charge in [-0.1, -0.05) is 24.3 Å². The van der Waals surface area contributed by atoms with E-state index in [1.165, 1.54) is 18.3 Å². The molecule has 16 heteroatoms. The molecule has 1 aromatic heterocycles. The fourth-order valence-electron chi connectivity index (χ4n) is 5.50. The van der Waals surface area contributed by atoms with Crippen molar-refractivity contribution in [3.63, 3.8) is 0 Å². The van der Waals surface area contributed by atoms with Crippen LogP contribution < -0.4 is 24.8 Å². The first-order chi connectivity index (χ1) is 25.2. The van der Waals surface area contributed by atoms with Crippen LogP contribution in [0.4, 0.5) is 23.2 Å². The molecule has 5 rings (SSSR count). The topological polar surface area (TPSA) is 136 Å². The summed E-state index contributed by atoms with van der Waals surface area (Å²) in [4.78, 5) is 31.9. The molecule has 11 nitrogen and oxygen atoms in total. The van der Waals surface area contributed by atoms with Crippen molar-refractivity contribution in [2.75, 3.05) is 56.7 Å². The molecule has 282 valence electrons. The molecule has 0 atom stereocenters. The number of carbonyl (C=O) groups excluding carboxylic acids is 2. The average molecular weight is 759 g/mol. The van der Waals surface area contributed by atoms with Gasteiger partial charge in [0.25, 0.3) is 5.91 Å². The number of nitrogens with one attached hydrogen (secondary N) is 2. The maximum atomic E-state index is 15.4. The van der Waals surface area contributed by atoms with Crippen molar-refractivity contribution >= 4 is 27.3 Å². The highest BCUT2D eigenvalue weighted by atomic mass is 32.2. The van der Waals surface area contributed by atoms with Crippen molar-refractivity contribution in [3.05, 3.63) is 101 Å². The van der Waals surface area contributed by atoms with Crippen LogP contribution in [0.5, 0.6) is 17.4 Å². The zero-order chi connectivity index (χ0) is 38.2. The minimum atomic E-state index is -4.83. The van der Waals surface area contributed by atoms with Crippen LogP contribution in [0.1, 0.15) is 34.0 Å². The van der Waals surface area contributed by atoms with Crippen molar-refractivity contribution in [2.45, 2.75) is 26.1 Å². The number of alkyl halides is 3. The smallest absolute Gasteiger partial charge is 0.416 e. The summed E-state index contributed by atoms with van der Waals surface area (Å²) in [6, 6.07) is 15.5. The van der Waals surface area contributed by atoms with Crippen molar-refractivity contribution in [1.82, 2.24) is 15.2 Å². The molecule has 0 radical (unpaired) electrons. The number of aromatic nitrogens is 1. The molecule has 0 aliphatic carbocycles. The Morgan fingerprint density at radius 1 is 0.962 bits per heavy atom. The van der Waals surface area contributed by atoms with Gasteiger partial charge in [0.1, 0.15) is 23.9 Å². The van der Waals surface area contributed by atoms with Crippen LogP contribution in [-0.2, 0) is 33.8 Å². The van der Waals surface area contributed by atoms with Gasteiger partial charge in [-0.2, -0.15) is 13.2 Å². The number of sulfone groups is 1. The number of anilines is 1. The first-order valence-corrected chi connectivity index (χ1v) is 18.5. The molecule has 53 heavy (non-hydrogen) atoms. The number of hydrogen-bond acceptors (Lipinski definition) is 9. The summed E-state index contributed by atoms with van der Waals surface area (Å²) < 4.78 is 96.6. The molecule has 2 amide bonds. The quantitative estimate of drug-likeness (QED) is 0.159. The predicted molar refractivity (Wildman–Crippen MR) is 189 cm³/mol. The van der Waals surface area contributed by atoms with Crippen molar-refractivity contribution in [2.24, 2.45) is 0 Å². The molecule has 0 spiro atoms. The number of benzene rings is 3. The molecule has 1 aliphatic heterocycles. The van der Waals surface area contributed by atoms with E-state index in [0.717, 1.165) is 11.6 Å².